The summed E-state index contributed by atoms with van der Waals surface area (Å²) in [6.07, 6.45) is 2.32. The molecular weight excluding hydrogens is 454 g/mol. The van der Waals surface area contributed by atoms with E-state index in [1.807, 2.05) is 0 Å². The molecule has 3 rings (SSSR count). The second-order valence-electron chi connectivity index (χ2n) is 6.73. The molecule has 1 aliphatic rings. The number of halogens is 1. The van der Waals surface area contributed by atoms with Crippen LogP contribution in [0.2, 0.25) is 5.02 Å². The maximum Gasteiger partial charge on any atom is 0.244 e. The predicted octanol–water partition coefficient (Wildman–Crippen LogP) is 3.16. The zero-order valence-corrected chi connectivity index (χ0v) is 19.5. The van der Waals surface area contributed by atoms with Crippen molar-refractivity contribution in [3.05, 3.63) is 23.2 Å². The summed E-state index contributed by atoms with van der Waals surface area (Å²) in [6.45, 7) is 3.75. The number of amides is 1. The minimum atomic E-state index is -3.72. The lowest BCUT2D eigenvalue weighted by molar-refractivity contribution is -0.115. The number of nitrogens with zero attached hydrogens (tertiary/aromatic N) is 4. The van der Waals surface area contributed by atoms with Gasteiger partial charge in [0.2, 0.25) is 21.1 Å². The van der Waals surface area contributed by atoms with Crippen molar-refractivity contribution in [1.29, 1.82) is 0 Å². The Morgan fingerprint density at radius 2 is 2.00 bits per heavy atom. The van der Waals surface area contributed by atoms with Crippen LogP contribution in [-0.2, 0) is 14.8 Å². The minimum absolute atomic E-state index is 0.0540. The predicted molar refractivity (Wildman–Crippen MR) is 118 cm³/mol. The number of hydrogen-bond acceptors (Lipinski definition) is 8. The van der Waals surface area contributed by atoms with Crippen LogP contribution in [0.15, 0.2) is 27.4 Å². The zero-order valence-electron chi connectivity index (χ0n) is 16.3. The van der Waals surface area contributed by atoms with E-state index in [1.54, 1.807) is 13.0 Å². The molecule has 158 valence electrons. The van der Waals surface area contributed by atoms with Crippen LogP contribution in [0.5, 0.6) is 0 Å². The number of hydrogen-bond donors (Lipinski definition) is 1. The number of rotatable bonds is 7. The summed E-state index contributed by atoms with van der Waals surface area (Å²) in [5.74, 6) is -0.261. The monoisotopic (exact) mass is 475 g/mol. The summed E-state index contributed by atoms with van der Waals surface area (Å²) >= 11 is 8.85. The molecule has 8 nitrogen and oxygen atoms in total. The van der Waals surface area contributed by atoms with Crippen molar-refractivity contribution >= 4 is 61.4 Å². The summed E-state index contributed by atoms with van der Waals surface area (Å²) in [6, 6.07) is 4.39. The van der Waals surface area contributed by atoms with Gasteiger partial charge in [-0.05, 0) is 38.0 Å². The smallest absolute Gasteiger partial charge is 0.244 e. The Balaban J connectivity index is 1.67. The van der Waals surface area contributed by atoms with E-state index < -0.39 is 15.3 Å². The van der Waals surface area contributed by atoms with Crippen molar-refractivity contribution in [2.75, 3.05) is 37.4 Å². The van der Waals surface area contributed by atoms with Crippen LogP contribution >= 0.6 is 34.7 Å². The highest BCUT2D eigenvalue weighted by Gasteiger charge is 2.23. The van der Waals surface area contributed by atoms with Crippen molar-refractivity contribution in [2.24, 2.45) is 0 Å². The largest absolute Gasteiger partial charge is 0.347 e. The van der Waals surface area contributed by atoms with Crippen molar-refractivity contribution in [1.82, 2.24) is 14.5 Å². The van der Waals surface area contributed by atoms with E-state index in [2.05, 4.69) is 20.4 Å². The molecule has 29 heavy (non-hydrogen) atoms. The Morgan fingerprint density at radius 1 is 1.31 bits per heavy atom. The number of thioether (sulfide) groups is 1. The molecule has 0 bridgehead atoms. The van der Waals surface area contributed by atoms with Gasteiger partial charge in [-0.2, -0.15) is 0 Å². The summed E-state index contributed by atoms with van der Waals surface area (Å²) in [5.41, 5.74) is 0.363. The average Bonchev–Trinajstić information content (AvgIpc) is 3.34. The fourth-order valence-electron chi connectivity index (χ4n) is 2.71. The normalized spacial score (nSPS) is 15.7. The molecule has 0 aliphatic carbocycles. The van der Waals surface area contributed by atoms with E-state index in [0.29, 0.717) is 5.69 Å². The highest BCUT2D eigenvalue weighted by molar-refractivity contribution is 8.02. The molecule has 1 amide bonds. The fourth-order valence-corrected chi connectivity index (χ4v) is 6.14. The van der Waals surface area contributed by atoms with Crippen molar-refractivity contribution in [3.63, 3.8) is 0 Å². The molecular formula is C17H22ClN5O3S3. The maximum atomic E-state index is 12.6. The van der Waals surface area contributed by atoms with Crippen molar-refractivity contribution < 1.29 is 13.2 Å². The number of benzene rings is 1. The Labute approximate surface area is 183 Å². The molecule has 0 saturated carbocycles. The molecule has 1 unspecified atom stereocenters. The average molecular weight is 476 g/mol. The molecule has 0 spiro atoms. The van der Waals surface area contributed by atoms with E-state index in [1.165, 1.54) is 49.3 Å². The second kappa shape index (κ2) is 9.17. The van der Waals surface area contributed by atoms with E-state index in [0.717, 1.165) is 39.7 Å². The first kappa shape index (κ1) is 22.3. The highest BCUT2D eigenvalue weighted by atomic mass is 35.5. The summed E-state index contributed by atoms with van der Waals surface area (Å²) < 4.78 is 26.6. The molecule has 0 radical (unpaired) electrons. The van der Waals surface area contributed by atoms with E-state index in [-0.39, 0.29) is 15.8 Å². The molecule has 1 aromatic carbocycles. The summed E-state index contributed by atoms with van der Waals surface area (Å²) in [4.78, 5) is 14.7. The lowest BCUT2D eigenvalue weighted by Gasteiger charge is -2.15. The molecule has 1 atom stereocenters. The van der Waals surface area contributed by atoms with Gasteiger partial charge >= 0.3 is 0 Å². The Hall–Kier alpha value is -1.40. The third kappa shape index (κ3) is 5.21. The summed E-state index contributed by atoms with van der Waals surface area (Å²) in [5, 5.41) is 11.7. The second-order valence-corrected chi connectivity index (χ2v) is 11.8. The van der Waals surface area contributed by atoms with E-state index in [9.17, 15) is 13.2 Å². The van der Waals surface area contributed by atoms with Gasteiger partial charge in [0.15, 0.2) is 4.34 Å². The number of nitrogens with one attached hydrogen (secondary N) is 1. The Kier molecular flexibility index (Phi) is 7.05. The molecule has 1 aromatic heterocycles. The first-order valence-corrected chi connectivity index (χ1v) is 12.5. The van der Waals surface area contributed by atoms with Crippen LogP contribution in [0, 0.1) is 0 Å². The highest BCUT2D eigenvalue weighted by Crippen LogP contribution is 2.33. The first-order chi connectivity index (χ1) is 13.7. The van der Waals surface area contributed by atoms with Gasteiger partial charge in [0.25, 0.3) is 0 Å². The third-order valence-corrected chi connectivity index (χ3v) is 8.84. The Morgan fingerprint density at radius 3 is 2.66 bits per heavy atom. The number of anilines is 2. The SMILES string of the molecule is CC(Sc1nnc(N2CCCC2)s1)C(=O)Nc1ccc(Cl)c(S(=O)(=O)N(C)C)c1. The van der Waals surface area contributed by atoms with Crippen molar-refractivity contribution in [3.8, 4) is 0 Å². The standard InChI is InChI=1S/C17H22ClN5O3S3/c1-11(27-17-21-20-16(28-17)23-8-4-5-9-23)15(24)19-12-6-7-13(18)14(10-12)29(25,26)22(2)3/h6-7,10-11H,4-5,8-9H2,1-3H3,(H,19,24). The molecule has 2 aromatic rings. The number of aromatic nitrogens is 2. The molecule has 1 N–H and O–H groups in total. The van der Waals surface area contributed by atoms with Gasteiger partial charge < -0.3 is 10.2 Å². The van der Waals surface area contributed by atoms with Gasteiger partial charge in [0, 0.05) is 32.9 Å². The summed E-state index contributed by atoms with van der Waals surface area (Å²) in [7, 11) is -0.867. The lowest BCUT2D eigenvalue weighted by Crippen LogP contribution is -2.24. The number of carbonyl (C=O) groups is 1. The zero-order chi connectivity index (χ0) is 21.2. The van der Waals surface area contributed by atoms with Gasteiger partial charge in [0.05, 0.1) is 10.3 Å². The lowest BCUT2D eigenvalue weighted by atomic mass is 10.3. The van der Waals surface area contributed by atoms with E-state index >= 15 is 0 Å². The van der Waals surface area contributed by atoms with Crippen LogP contribution in [0.25, 0.3) is 0 Å². The molecule has 2 heterocycles. The van der Waals surface area contributed by atoms with Gasteiger partial charge in [-0.1, -0.05) is 34.7 Å². The van der Waals surface area contributed by atoms with Crippen LogP contribution in [0.4, 0.5) is 10.8 Å². The van der Waals surface area contributed by atoms with Crippen LogP contribution < -0.4 is 10.2 Å². The van der Waals surface area contributed by atoms with Gasteiger partial charge in [-0.25, -0.2) is 12.7 Å². The molecule has 1 aliphatic heterocycles. The van der Waals surface area contributed by atoms with E-state index in [4.69, 9.17) is 11.6 Å². The Bertz CT molecular complexity index is 990. The first-order valence-electron chi connectivity index (χ1n) is 8.96. The number of sulfonamides is 1. The maximum absolute atomic E-state index is 12.6. The van der Waals surface area contributed by atoms with Gasteiger partial charge in [-0.3, -0.25) is 4.79 Å². The molecule has 1 saturated heterocycles. The van der Waals surface area contributed by atoms with Crippen molar-refractivity contribution in [2.45, 2.75) is 34.3 Å². The van der Waals surface area contributed by atoms with Crippen LogP contribution in [-0.4, -0.2) is 61.3 Å². The minimum Gasteiger partial charge on any atom is -0.347 e. The topological polar surface area (TPSA) is 95.5 Å². The number of carbonyl (C=O) groups excluding carboxylic acids is 1. The molecule has 1 fully saturated rings. The van der Waals surface area contributed by atoms with Gasteiger partial charge in [-0.15, -0.1) is 10.2 Å². The fraction of sp³-hybridized carbons (Fsp3) is 0.471. The van der Waals surface area contributed by atoms with Crippen LogP contribution in [0.1, 0.15) is 19.8 Å². The third-order valence-electron chi connectivity index (χ3n) is 4.38. The quantitative estimate of drug-likeness (QED) is 0.614. The van der Waals surface area contributed by atoms with Crippen LogP contribution in [0.3, 0.4) is 0 Å². The molecule has 12 heteroatoms. The van der Waals surface area contributed by atoms with Gasteiger partial charge in [0.1, 0.15) is 4.90 Å².